The molecule has 0 atom stereocenters. The van der Waals surface area contributed by atoms with Crippen LogP contribution in [0, 0.1) is 0 Å². The van der Waals surface area contributed by atoms with E-state index in [0.29, 0.717) is 17.2 Å². The third kappa shape index (κ3) is 3.89. The van der Waals surface area contributed by atoms with E-state index in [1.165, 1.54) is 5.56 Å². The molecular formula is C23H23NO2. The van der Waals surface area contributed by atoms with Crippen LogP contribution in [0.2, 0.25) is 0 Å². The Morgan fingerprint density at radius 1 is 0.885 bits per heavy atom. The van der Waals surface area contributed by atoms with Crippen molar-refractivity contribution in [1.82, 2.24) is 0 Å². The van der Waals surface area contributed by atoms with Crippen LogP contribution in [0.25, 0.3) is 5.57 Å². The minimum atomic E-state index is 0.608. The van der Waals surface area contributed by atoms with E-state index in [1.54, 1.807) is 20.3 Å². The Labute approximate surface area is 154 Å². The fourth-order valence-electron chi connectivity index (χ4n) is 2.95. The first-order valence-electron chi connectivity index (χ1n) is 8.54. The highest BCUT2D eigenvalue weighted by molar-refractivity contribution is 5.88. The fourth-order valence-corrected chi connectivity index (χ4v) is 2.95. The molecule has 0 radical (unpaired) electrons. The number of ether oxygens (including phenoxy) is 2. The molecule has 0 fully saturated rings. The van der Waals surface area contributed by atoms with Gasteiger partial charge in [0, 0.05) is 11.6 Å². The number of allylic oxidation sites excluding steroid dienone is 1. The molecule has 0 aliphatic carbocycles. The van der Waals surface area contributed by atoms with Gasteiger partial charge in [0.15, 0.2) is 0 Å². The van der Waals surface area contributed by atoms with Gasteiger partial charge in [-0.3, -0.25) is 0 Å². The Bertz CT molecular complexity index is 887. The first-order valence-corrected chi connectivity index (χ1v) is 8.54. The molecule has 0 unspecified atom stereocenters. The summed E-state index contributed by atoms with van der Waals surface area (Å²) in [6.45, 7) is 0. The van der Waals surface area contributed by atoms with Crippen molar-refractivity contribution >= 4 is 11.3 Å². The van der Waals surface area contributed by atoms with Gasteiger partial charge in [0.05, 0.1) is 19.9 Å². The summed E-state index contributed by atoms with van der Waals surface area (Å²) in [4.78, 5) is 0. The van der Waals surface area contributed by atoms with Gasteiger partial charge in [-0.1, -0.05) is 66.7 Å². The van der Waals surface area contributed by atoms with Crippen molar-refractivity contribution in [3.63, 3.8) is 0 Å². The molecule has 0 aliphatic rings. The van der Waals surface area contributed by atoms with Crippen molar-refractivity contribution in [2.75, 3.05) is 20.0 Å². The molecule has 3 nitrogen and oxygen atoms in total. The predicted molar refractivity (Wildman–Crippen MR) is 108 cm³/mol. The molecule has 3 aromatic rings. The number of nitrogen functional groups attached to an aromatic ring is 1. The Hall–Kier alpha value is -3.20. The Morgan fingerprint density at radius 3 is 2.15 bits per heavy atom. The maximum atomic E-state index is 6.40. The summed E-state index contributed by atoms with van der Waals surface area (Å²) in [6.07, 6.45) is 3.01. The van der Waals surface area contributed by atoms with Gasteiger partial charge in [-0.05, 0) is 29.2 Å². The van der Waals surface area contributed by atoms with Gasteiger partial charge >= 0.3 is 0 Å². The molecule has 3 heteroatoms. The van der Waals surface area contributed by atoms with Crippen LogP contribution < -0.4 is 15.2 Å². The van der Waals surface area contributed by atoms with Gasteiger partial charge in [0.25, 0.3) is 0 Å². The van der Waals surface area contributed by atoms with E-state index in [9.17, 15) is 0 Å². The highest BCUT2D eigenvalue weighted by Crippen LogP contribution is 2.37. The second-order valence-corrected chi connectivity index (χ2v) is 5.96. The van der Waals surface area contributed by atoms with Crippen LogP contribution in [0.5, 0.6) is 11.5 Å². The van der Waals surface area contributed by atoms with E-state index in [-0.39, 0.29) is 0 Å². The zero-order valence-electron chi connectivity index (χ0n) is 15.1. The molecule has 0 aliphatic heterocycles. The second-order valence-electron chi connectivity index (χ2n) is 5.96. The van der Waals surface area contributed by atoms with Crippen LogP contribution in [0.15, 0.2) is 78.9 Å². The molecular weight excluding hydrogens is 322 g/mol. The van der Waals surface area contributed by atoms with Crippen molar-refractivity contribution in [3.05, 3.63) is 95.6 Å². The lowest BCUT2D eigenvalue weighted by Gasteiger charge is -2.16. The molecule has 2 N–H and O–H groups in total. The van der Waals surface area contributed by atoms with Gasteiger partial charge in [-0.15, -0.1) is 0 Å². The largest absolute Gasteiger partial charge is 0.497 e. The lowest BCUT2D eigenvalue weighted by molar-refractivity contribution is 0.395. The maximum absolute atomic E-state index is 6.40. The third-order valence-electron chi connectivity index (χ3n) is 4.33. The van der Waals surface area contributed by atoms with Crippen LogP contribution in [0.4, 0.5) is 5.69 Å². The number of hydrogen-bond donors (Lipinski definition) is 1. The van der Waals surface area contributed by atoms with Crippen LogP contribution in [-0.4, -0.2) is 14.2 Å². The number of methoxy groups -OCH3 is 2. The zero-order chi connectivity index (χ0) is 18.4. The molecule has 132 valence electrons. The summed E-state index contributed by atoms with van der Waals surface area (Å²) in [5.74, 6) is 1.33. The third-order valence-corrected chi connectivity index (χ3v) is 4.33. The van der Waals surface area contributed by atoms with Gasteiger partial charge in [0.2, 0.25) is 0 Å². The van der Waals surface area contributed by atoms with Crippen molar-refractivity contribution in [1.29, 1.82) is 0 Å². The second kappa shape index (κ2) is 8.26. The normalized spacial score (nSPS) is 11.2. The number of hydrogen-bond acceptors (Lipinski definition) is 3. The van der Waals surface area contributed by atoms with Gasteiger partial charge in [-0.2, -0.15) is 0 Å². The summed E-state index contributed by atoms with van der Waals surface area (Å²) in [7, 11) is 3.26. The molecule has 0 amide bonds. The van der Waals surface area contributed by atoms with E-state index in [2.05, 4.69) is 30.3 Å². The van der Waals surface area contributed by atoms with Crippen molar-refractivity contribution in [3.8, 4) is 11.5 Å². The highest BCUT2D eigenvalue weighted by Gasteiger charge is 2.14. The molecule has 0 saturated heterocycles. The Kier molecular flexibility index (Phi) is 5.59. The van der Waals surface area contributed by atoms with Crippen LogP contribution in [0.3, 0.4) is 0 Å². The summed E-state index contributed by atoms with van der Waals surface area (Å²) < 4.78 is 10.9. The highest BCUT2D eigenvalue weighted by atomic mass is 16.5. The molecule has 26 heavy (non-hydrogen) atoms. The molecule has 3 aromatic carbocycles. The molecule has 0 saturated carbocycles. The summed E-state index contributed by atoms with van der Waals surface area (Å²) in [6, 6.07) is 24.4. The summed E-state index contributed by atoms with van der Waals surface area (Å²) in [5, 5.41) is 0. The number of anilines is 1. The summed E-state index contributed by atoms with van der Waals surface area (Å²) >= 11 is 0. The minimum Gasteiger partial charge on any atom is -0.497 e. The quantitative estimate of drug-likeness (QED) is 0.642. The molecule has 0 spiro atoms. The molecule has 0 bridgehead atoms. The summed E-state index contributed by atoms with van der Waals surface area (Å²) in [5.41, 5.74) is 11.3. The Balaban J connectivity index is 2.12. The number of nitrogens with two attached hydrogens (primary N) is 1. The van der Waals surface area contributed by atoms with Crippen LogP contribution >= 0.6 is 0 Å². The molecule has 0 heterocycles. The van der Waals surface area contributed by atoms with E-state index < -0.39 is 0 Å². The van der Waals surface area contributed by atoms with Crippen molar-refractivity contribution in [2.45, 2.75) is 6.42 Å². The smallest absolute Gasteiger partial charge is 0.146 e. The van der Waals surface area contributed by atoms with E-state index in [0.717, 1.165) is 23.1 Å². The standard InChI is InChI=1S/C23H23NO2/c1-25-19-15-21(23(24)22(16-19)26-2)20(18-11-7-4-8-12-18)14-13-17-9-5-3-6-10-17/h3-12,14-16H,13,24H2,1-2H3. The van der Waals surface area contributed by atoms with Gasteiger partial charge < -0.3 is 15.2 Å². The van der Waals surface area contributed by atoms with Gasteiger partial charge in [0.1, 0.15) is 11.5 Å². The topological polar surface area (TPSA) is 44.5 Å². The first-order chi connectivity index (χ1) is 12.7. The van der Waals surface area contributed by atoms with Gasteiger partial charge in [-0.25, -0.2) is 0 Å². The first kappa shape index (κ1) is 17.6. The number of benzene rings is 3. The minimum absolute atomic E-state index is 0.608. The molecule has 3 rings (SSSR count). The monoisotopic (exact) mass is 345 g/mol. The Morgan fingerprint density at radius 2 is 1.54 bits per heavy atom. The molecule has 0 aromatic heterocycles. The fraction of sp³-hybridized carbons (Fsp3) is 0.130. The van der Waals surface area contributed by atoms with Crippen molar-refractivity contribution < 1.29 is 9.47 Å². The zero-order valence-corrected chi connectivity index (χ0v) is 15.1. The lowest BCUT2D eigenvalue weighted by atomic mass is 9.94. The van der Waals surface area contributed by atoms with E-state index in [1.807, 2.05) is 42.5 Å². The average Bonchev–Trinajstić information content (AvgIpc) is 2.71. The number of rotatable bonds is 6. The van der Waals surface area contributed by atoms with Crippen LogP contribution in [-0.2, 0) is 6.42 Å². The maximum Gasteiger partial charge on any atom is 0.146 e. The van der Waals surface area contributed by atoms with Crippen molar-refractivity contribution in [2.24, 2.45) is 0 Å². The van der Waals surface area contributed by atoms with Crippen LogP contribution in [0.1, 0.15) is 16.7 Å². The lowest BCUT2D eigenvalue weighted by Crippen LogP contribution is -2.01. The van der Waals surface area contributed by atoms with E-state index >= 15 is 0 Å². The van der Waals surface area contributed by atoms with E-state index in [4.69, 9.17) is 15.2 Å². The average molecular weight is 345 g/mol. The predicted octanol–water partition coefficient (Wildman–Crippen LogP) is 4.96. The SMILES string of the molecule is COc1cc(OC)c(N)c(C(=CCc2ccccc2)c2ccccc2)c1.